The number of fused-ring (bicyclic) bond motifs is 18. The molecule has 52 heavy (non-hydrogen) atoms. The van der Waals surface area contributed by atoms with Gasteiger partial charge in [0, 0.05) is 84.3 Å². The van der Waals surface area contributed by atoms with Gasteiger partial charge in [0.05, 0.1) is 0 Å². The SMILES string of the molecule is [W].[W].[W].[W].[c-]1cc2c3ccc4ccsc4c3[c-]cc2c2ccc3ccsc3c12.[c-]1cc2c3ccc4sccc4c3[c-]cc2c2ccc3sccc3c12. The number of rotatable bonds is 0. The van der Waals surface area contributed by atoms with Crippen molar-refractivity contribution in [1.29, 1.82) is 0 Å². The number of hydrogen-bond acceptors (Lipinski definition) is 4. The van der Waals surface area contributed by atoms with Gasteiger partial charge in [0.25, 0.3) is 0 Å². The van der Waals surface area contributed by atoms with Crippen LogP contribution in [0, 0.1) is 24.3 Å². The summed E-state index contributed by atoms with van der Waals surface area (Å²) in [6, 6.07) is 49.4. The Balaban J connectivity index is 0.000000150. The van der Waals surface area contributed by atoms with E-state index in [1.165, 1.54) is 105 Å². The smallest absolute Gasteiger partial charge is 0 e. The minimum atomic E-state index is 0. The molecule has 8 heteroatoms. The van der Waals surface area contributed by atoms with Crippen molar-refractivity contribution < 1.29 is 84.3 Å². The van der Waals surface area contributed by atoms with Gasteiger partial charge in [0.2, 0.25) is 0 Å². The van der Waals surface area contributed by atoms with E-state index < -0.39 is 0 Å². The van der Waals surface area contributed by atoms with Crippen LogP contribution in [0.15, 0.2) is 119 Å². The predicted molar refractivity (Wildman–Crippen MR) is 215 cm³/mol. The maximum absolute atomic E-state index is 3.56. The fourth-order valence-corrected chi connectivity index (χ4v) is 10.8. The van der Waals surface area contributed by atoms with Crippen LogP contribution in [0.25, 0.3) is 105 Å². The van der Waals surface area contributed by atoms with Crippen LogP contribution >= 0.6 is 45.3 Å². The van der Waals surface area contributed by atoms with Crippen LogP contribution in [0.4, 0.5) is 0 Å². The zero-order valence-corrected chi connectivity index (χ0v) is 41.8. The molecular formula is C44H20S4W4-4. The third kappa shape index (κ3) is 5.88. The first kappa shape index (κ1) is 38.2. The summed E-state index contributed by atoms with van der Waals surface area (Å²) in [7, 11) is 0. The van der Waals surface area contributed by atoms with Crippen LogP contribution in [0.1, 0.15) is 0 Å². The summed E-state index contributed by atoms with van der Waals surface area (Å²) in [5.74, 6) is 0. The summed E-state index contributed by atoms with van der Waals surface area (Å²) in [4.78, 5) is 0. The molecule has 0 radical (unpaired) electrons. The molecule has 0 spiro atoms. The molecule has 0 saturated carbocycles. The molecule has 0 saturated heterocycles. The molecule has 4 aromatic heterocycles. The summed E-state index contributed by atoms with van der Waals surface area (Å²) in [6.07, 6.45) is 0. The zero-order valence-electron chi connectivity index (χ0n) is 26.8. The Kier molecular flexibility index (Phi) is 11.2. The van der Waals surface area contributed by atoms with Crippen LogP contribution in [-0.4, -0.2) is 0 Å². The van der Waals surface area contributed by atoms with E-state index in [0.29, 0.717) is 0 Å². The molecule has 4 heterocycles. The van der Waals surface area contributed by atoms with Gasteiger partial charge in [-0.1, -0.05) is 59.3 Å². The Labute approximate surface area is 372 Å². The van der Waals surface area contributed by atoms with Gasteiger partial charge in [-0.15, -0.1) is 91.6 Å². The van der Waals surface area contributed by atoms with E-state index in [9.17, 15) is 0 Å². The zero-order chi connectivity index (χ0) is 31.3. The molecule has 0 unspecified atom stereocenters. The number of hydrogen-bond donors (Lipinski definition) is 0. The minimum Gasteiger partial charge on any atom is -0.195 e. The van der Waals surface area contributed by atoms with Crippen LogP contribution < -0.4 is 0 Å². The first-order chi connectivity index (χ1) is 23.8. The van der Waals surface area contributed by atoms with Crippen molar-refractivity contribution in [3.8, 4) is 0 Å². The van der Waals surface area contributed by atoms with Gasteiger partial charge in [-0.25, -0.2) is 0 Å². The second-order valence-electron chi connectivity index (χ2n) is 12.1. The van der Waals surface area contributed by atoms with Gasteiger partial charge in [0.1, 0.15) is 0 Å². The van der Waals surface area contributed by atoms with Crippen LogP contribution in [0.3, 0.4) is 0 Å². The number of thiophene rings is 4. The average molecular weight is 1410 g/mol. The molecule has 0 aliphatic rings. The molecule has 0 N–H and O–H groups in total. The van der Waals surface area contributed by atoms with Crippen molar-refractivity contribution in [2.45, 2.75) is 0 Å². The van der Waals surface area contributed by atoms with Crippen molar-refractivity contribution in [2.24, 2.45) is 0 Å². The summed E-state index contributed by atoms with van der Waals surface area (Å²) in [6.45, 7) is 0. The quantitative estimate of drug-likeness (QED) is 0.105. The topological polar surface area (TPSA) is 0 Å². The van der Waals surface area contributed by atoms with Crippen molar-refractivity contribution in [1.82, 2.24) is 0 Å². The van der Waals surface area contributed by atoms with E-state index in [0.717, 1.165) is 0 Å². The van der Waals surface area contributed by atoms with E-state index >= 15 is 0 Å². The van der Waals surface area contributed by atoms with Gasteiger partial charge in [-0.2, -0.15) is 91.2 Å². The molecule has 0 bridgehead atoms. The molecule has 0 amide bonds. The van der Waals surface area contributed by atoms with E-state index in [1.54, 1.807) is 45.3 Å². The van der Waals surface area contributed by atoms with Gasteiger partial charge in [0.15, 0.2) is 0 Å². The molecule has 8 aromatic carbocycles. The van der Waals surface area contributed by atoms with E-state index in [1.807, 2.05) is 0 Å². The fourth-order valence-electron chi connectivity index (χ4n) is 7.43. The Morgan fingerprint density at radius 3 is 1.06 bits per heavy atom. The second kappa shape index (κ2) is 15.2. The molecule has 0 nitrogen and oxygen atoms in total. The average Bonchev–Trinajstić information content (AvgIpc) is 3.97. The standard InChI is InChI=1S/2C22H10S2.4W/c1-3-17-15-5-8-20-18(4-2-14-10-12-24-22(14)20)16(15)6-7-19(17)21-13(1)9-11-23-21;1-3-17-16(6-8-21-19(17)9-11-23-21)14-2-4-18-15(13(1)14)5-7-22-20(18)10-12-24-22;;;;/h1-6,9-12H;1-2,5-12H;;;;/q2*-2;;;;. The first-order valence-corrected chi connectivity index (χ1v) is 19.2. The number of benzene rings is 8. The molecular weight excluding hydrogens is 1390 g/mol. The second-order valence-corrected chi connectivity index (χ2v) is 15.8. The maximum Gasteiger partial charge on any atom is 0 e. The molecule has 0 fully saturated rings. The Bertz CT molecular complexity index is 2820. The molecule has 0 atom stereocenters. The van der Waals surface area contributed by atoms with E-state index in [-0.39, 0.29) is 84.3 Å². The van der Waals surface area contributed by atoms with Gasteiger partial charge in [-0.05, 0) is 51.1 Å². The summed E-state index contributed by atoms with van der Waals surface area (Å²) < 4.78 is 5.29. The minimum absolute atomic E-state index is 0. The molecule has 12 aromatic rings. The Morgan fingerprint density at radius 1 is 0.288 bits per heavy atom. The van der Waals surface area contributed by atoms with E-state index in [2.05, 4.69) is 143 Å². The third-order valence-corrected chi connectivity index (χ3v) is 13.4. The predicted octanol–water partition coefficient (Wildman–Crippen LogP) is 14.3. The first-order valence-electron chi connectivity index (χ1n) is 15.7. The fraction of sp³-hybridized carbons (Fsp3) is 0. The van der Waals surface area contributed by atoms with Gasteiger partial charge >= 0.3 is 0 Å². The molecule has 12 rings (SSSR count). The van der Waals surface area contributed by atoms with E-state index in [4.69, 9.17) is 0 Å². The van der Waals surface area contributed by atoms with Crippen LogP contribution in [-0.2, 0) is 84.3 Å². The maximum atomic E-state index is 3.56. The van der Waals surface area contributed by atoms with Crippen molar-refractivity contribution in [3.05, 3.63) is 143 Å². The normalized spacial score (nSPS) is 11.2. The molecule has 0 aliphatic heterocycles. The Morgan fingerprint density at radius 2 is 0.635 bits per heavy atom. The van der Waals surface area contributed by atoms with Crippen LogP contribution in [0.5, 0.6) is 0 Å². The van der Waals surface area contributed by atoms with Gasteiger partial charge in [-0.3, -0.25) is 0 Å². The molecule has 248 valence electrons. The van der Waals surface area contributed by atoms with Crippen molar-refractivity contribution in [2.75, 3.05) is 0 Å². The summed E-state index contributed by atoms with van der Waals surface area (Å²) in [5.41, 5.74) is 0. The van der Waals surface area contributed by atoms with Crippen LogP contribution in [0.2, 0.25) is 0 Å². The summed E-state index contributed by atoms with van der Waals surface area (Å²) >= 11 is 7.16. The third-order valence-electron chi connectivity index (χ3n) is 9.70. The van der Waals surface area contributed by atoms with Crippen molar-refractivity contribution >= 4 is 150 Å². The monoisotopic (exact) mass is 1410 g/mol. The largest absolute Gasteiger partial charge is 0.195 e. The van der Waals surface area contributed by atoms with Crippen molar-refractivity contribution in [3.63, 3.8) is 0 Å². The van der Waals surface area contributed by atoms with Gasteiger partial charge < -0.3 is 0 Å². The molecule has 0 aliphatic carbocycles. The Hall–Kier alpha value is -2.09. The summed E-state index contributed by atoms with van der Waals surface area (Å²) in [5, 5.41) is 28.8.